The number of halogens is 1. The predicted octanol–water partition coefficient (Wildman–Crippen LogP) is 0.220. The Bertz CT molecular complexity index is 716. The Balaban J connectivity index is 2.89. The topological polar surface area (TPSA) is 64.2 Å². The Hall–Kier alpha value is -1.95. The van der Waals surface area contributed by atoms with Crippen molar-refractivity contribution < 1.29 is 9.50 Å². The molecule has 2 rings (SSSR count). The molecule has 0 bridgehead atoms. The molecule has 1 atom stereocenters. The van der Waals surface area contributed by atoms with Gasteiger partial charge in [0.05, 0.1) is 23.6 Å². The number of fused-ring (bicyclic) bond motifs is 1. The van der Waals surface area contributed by atoms with Crippen LogP contribution in [0.5, 0.6) is 0 Å². The summed E-state index contributed by atoms with van der Waals surface area (Å²) >= 11 is 0. The van der Waals surface area contributed by atoms with E-state index in [1.807, 2.05) is 0 Å². The summed E-state index contributed by atoms with van der Waals surface area (Å²) in [6, 6.07) is 3.68. The fraction of sp³-hybridized carbons (Fsp3) is 0.333. The van der Waals surface area contributed by atoms with E-state index in [1.54, 1.807) is 0 Å². The highest BCUT2D eigenvalue weighted by molar-refractivity contribution is 5.77. The van der Waals surface area contributed by atoms with Crippen molar-refractivity contribution >= 4 is 10.9 Å². The third-order valence-corrected chi connectivity index (χ3v) is 2.76. The molecular formula is C12H13FN2O3. The first-order valence-corrected chi connectivity index (χ1v) is 5.49. The summed E-state index contributed by atoms with van der Waals surface area (Å²) in [6.45, 7) is 1.36. The second-order valence-electron chi connectivity index (χ2n) is 4.27. The largest absolute Gasteiger partial charge is 0.392 e. The Morgan fingerprint density at radius 2 is 2.06 bits per heavy atom. The average Bonchev–Trinajstić information content (AvgIpc) is 2.31. The van der Waals surface area contributed by atoms with Crippen molar-refractivity contribution in [2.45, 2.75) is 19.6 Å². The number of aliphatic hydroxyl groups excluding tert-OH is 1. The number of hydrogen-bond donors (Lipinski definition) is 1. The van der Waals surface area contributed by atoms with Gasteiger partial charge in [-0.2, -0.15) is 0 Å². The average molecular weight is 252 g/mol. The van der Waals surface area contributed by atoms with Crippen LogP contribution < -0.4 is 11.2 Å². The summed E-state index contributed by atoms with van der Waals surface area (Å²) < 4.78 is 15.3. The molecule has 1 heterocycles. The zero-order valence-electron chi connectivity index (χ0n) is 10.1. The van der Waals surface area contributed by atoms with Crippen LogP contribution in [-0.4, -0.2) is 20.3 Å². The second-order valence-corrected chi connectivity index (χ2v) is 4.27. The van der Waals surface area contributed by atoms with Crippen molar-refractivity contribution in [3.8, 4) is 0 Å². The summed E-state index contributed by atoms with van der Waals surface area (Å²) in [5.41, 5.74) is -0.748. The quantitative estimate of drug-likeness (QED) is 0.831. The summed E-state index contributed by atoms with van der Waals surface area (Å²) in [5.74, 6) is -0.540. The molecule has 0 aliphatic carbocycles. The molecule has 0 amide bonds. The van der Waals surface area contributed by atoms with Gasteiger partial charge in [-0.3, -0.25) is 13.9 Å². The highest BCUT2D eigenvalue weighted by Gasteiger charge is 2.12. The number of benzene rings is 1. The first-order chi connectivity index (χ1) is 8.41. The number of nitrogens with zero attached hydrogens (tertiary/aromatic N) is 2. The van der Waals surface area contributed by atoms with Gasteiger partial charge in [0.25, 0.3) is 5.56 Å². The molecule has 0 saturated heterocycles. The van der Waals surface area contributed by atoms with Gasteiger partial charge in [0.2, 0.25) is 0 Å². The molecule has 0 spiro atoms. The van der Waals surface area contributed by atoms with E-state index in [-0.39, 0.29) is 11.9 Å². The minimum atomic E-state index is -0.832. The summed E-state index contributed by atoms with van der Waals surface area (Å²) in [5, 5.41) is 9.41. The summed E-state index contributed by atoms with van der Waals surface area (Å²) in [6.07, 6.45) is -0.832. The van der Waals surface area contributed by atoms with E-state index in [4.69, 9.17) is 0 Å². The molecule has 0 aliphatic heterocycles. The molecule has 1 aromatic heterocycles. The zero-order chi connectivity index (χ0) is 13.4. The smallest absolute Gasteiger partial charge is 0.331 e. The molecule has 1 N–H and O–H groups in total. The Kier molecular flexibility index (Phi) is 3.04. The zero-order valence-corrected chi connectivity index (χ0v) is 10.1. The molecule has 18 heavy (non-hydrogen) atoms. The molecule has 0 radical (unpaired) electrons. The Morgan fingerprint density at radius 1 is 1.39 bits per heavy atom. The molecule has 96 valence electrons. The van der Waals surface area contributed by atoms with Crippen molar-refractivity contribution in [1.82, 2.24) is 9.13 Å². The van der Waals surface area contributed by atoms with Gasteiger partial charge >= 0.3 is 5.69 Å². The Labute approximate surface area is 102 Å². The predicted molar refractivity (Wildman–Crippen MR) is 65.1 cm³/mol. The molecule has 1 unspecified atom stereocenters. The number of hydrogen-bond acceptors (Lipinski definition) is 3. The maximum Gasteiger partial charge on any atom is 0.331 e. The van der Waals surface area contributed by atoms with Crippen LogP contribution in [0.3, 0.4) is 0 Å². The van der Waals surface area contributed by atoms with Crippen molar-refractivity contribution in [2.75, 3.05) is 0 Å². The minimum absolute atomic E-state index is 0.113. The monoisotopic (exact) mass is 252 g/mol. The van der Waals surface area contributed by atoms with Crippen LogP contribution in [0.25, 0.3) is 10.9 Å². The lowest BCUT2D eigenvalue weighted by atomic mass is 10.2. The fourth-order valence-electron chi connectivity index (χ4n) is 1.91. The van der Waals surface area contributed by atoms with Gasteiger partial charge < -0.3 is 5.11 Å². The molecule has 6 heteroatoms. The first kappa shape index (κ1) is 12.5. The van der Waals surface area contributed by atoms with Gasteiger partial charge in [-0.15, -0.1) is 0 Å². The molecule has 0 aliphatic rings. The summed E-state index contributed by atoms with van der Waals surface area (Å²) in [4.78, 5) is 24.0. The van der Waals surface area contributed by atoms with Crippen LogP contribution in [-0.2, 0) is 13.6 Å². The SMILES string of the molecule is CC(O)Cn1c(=O)c2cc(F)ccc2n(C)c1=O. The van der Waals surface area contributed by atoms with Crippen molar-refractivity contribution in [3.05, 3.63) is 44.9 Å². The first-order valence-electron chi connectivity index (χ1n) is 5.49. The van der Waals surface area contributed by atoms with Crippen LogP contribution in [0.15, 0.2) is 27.8 Å². The van der Waals surface area contributed by atoms with Gasteiger partial charge in [-0.05, 0) is 25.1 Å². The fourth-order valence-corrected chi connectivity index (χ4v) is 1.91. The van der Waals surface area contributed by atoms with Crippen LogP contribution in [0.4, 0.5) is 4.39 Å². The molecule has 1 aromatic carbocycles. The third kappa shape index (κ3) is 1.95. The van der Waals surface area contributed by atoms with Gasteiger partial charge in [0.15, 0.2) is 0 Å². The molecule has 0 fully saturated rings. The van der Waals surface area contributed by atoms with E-state index in [2.05, 4.69) is 0 Å². The lowest BCUT2D eigenvalue weighted by Gasteiger charge is -2.11. The molecular weight excluding hydrogens is 239 g/mol. The van der Waals surface area contributed by atoms with Crippen LogP contribution >= 0.6 is 0 Å². The standard InChI is InChI=1S/C12H13FN2O3/c1-7(16)6-15-11(17)9-5-8(13)3-4-10(9)14(2)12(15)18/h3-5,7,16H,6H2,1-2H3. The number of aromatic nitrogens is 2. The lowest BCUT2D eigenvalue weighted by Crippen LogP contribution is -2.41. The molecule has 0 saturated carbocycles. The van der Waals surface area contributed by atoms with Gasteiger partial charge in [0.1, 0.15) is 5.82 Å². The minimum Gasteiger partial charge on any atom is -0.392 e. The lowest BCUT2D eigenvalue weighted by molar-refractivity contribution is 0.170. The van der Waals surface area contributed by atoms with E-state index < -0.39 is 23.2 Å². The van der Waals surface area contributed by atoms with Crippen molar-refractivity contribution in [1.29, 1.82) is 0 Å². The molecule has 2 aromatic rings. The van der Waals surface area contributed by atoms with Crippen LogP contribution in [0.1, 0.15) is 6.92 Å². The maximum atomic E-state index is 13.2. The highest BCUT2D eigenvalue weighted by Crippen LogP contribution is 2.09. The second kappa shape index (κ2) is 4.38. The van der Waals surface area contributed by atoms with Crippen molar-refractivity contribution in [3.63, 3.8) is 0 Å². The van der Waals surface area contributed by atoms with E-state index >= 15 is 0 Å². The van der Waals surface area contributed by atoms with Crippen LogP contribution in [0, 0.1) is 5.82 Å². The van der Waals surface area contributed by atoms with E-state index in [9.17, 15) is 19.1 Å². The van der Waals surface area contributed by atoms with Crippen molar-refractivity contribution in [2.24, 2.45) is 7.05 Å². The van der Waals surface area contributed by atoms with E-state index in [0.29, 0.717) is 5.52 Å². The highest BCUT2D eigenvalue weighted by atomic mass is 19.1. The van der Waals surface area contributed by atoms with E-state index in [0.717, 1.165) is 10.6 Å². The van der Waals surface area contributed by atoms with E-state index in [1.165, 1.54) is 30.7 Å². The number of aliphatic hydroxyl groups is 1. The number of rotatable bonds is 2. The number of aryl methyl sites for hydroxylation is 1. The third-order valence-electron chi connectivity index (χ3n) is 2.76. The van der Waals surface area contributed by atoms with Crippen LogP contribution in [0.2, 0.25) is 0 Å². The summed E-state index contributed by atoms with van der Waals surface area (Å²) in [7, 11) is 1.50. The normalized spacial score (nSPS) is 12.9. The maximum absolute atomic E-state index is 13.2. The van der Waals surface area contributed by atoms with Gasteiger partial charge in [-0.1, -0.05) is 0 Å². The Morgan fingerprint density at radius 3 is 2.67 bits per heavy atom. The van der Waals surface area contributed by atoms with Gasteiger partial charge in [-0.25, -0.2) is 9.18 Å². The molecule has 5 nitrogen and oxygen atoms in total. The van der Waals surface area contributed by atoms with Gasteiger partial charge in [0, 0.05) is 7.05 Å².